The lowest BCUT2D eigenvalue weighted by atomic mass is 9.98. The van der Waals surface area contributed by atoms with E-state index in [9.17, 15) is 0 Å². The predicted molar refractivity (Wildman–Crippen MR) is 222 cm³/mol. The van der Waals surface area contributed by atoms with E-state index < -0.39 is 0 Å². The van der Waals surface area contributed by atoms with Gasteiger partial charge in [-0.1, -0.05) is 121 Å². The highest BCUT2D eigenvalue weighted by Gasteiger charge is 2.18. The van der Waals surface area contributed by atoms with Crippen LogP contribution < -0.4 is 4.90 Å². The van der Waals surface area contributed by atoms with Crippen LogP contribution in [0.5, 0.6) is 0 Å². The molecular formula is C50H31NO2. The van der Waals surface area contributed by atoms with Crippen LogP contribution in [0.1, 0.15) is 0 Å². The summed E-state index contributed by atoms with van der Waals surface area (Å²) >= 11 is 0. The molecule has 248 valence electrons. The molecule has 0 saturated heterocycles. The zero-order valence-electron chi connectivity index (χ0n) is 28.7. The first-order valence-corrected chi connectivity index (χ1v) is 18.0. The van der Waals surface area contributed by atoms with Crippen molar-refractivity contribution in [2.24, 2.45) is 0 Å². The molecule has 0 amide bonds. The number of fused-ring (bicyclic) bond motifs is 9. The van der Waals surface area contributed by atoms with E-state index in [1.807, 2.05) is 12.1 Å². The van der Waals surface area contributed by atoms with Gasteiger partial charge in [0, 0.05) is 50.1 Å². The normalized spacial score (nSPS) is 11.8. The monoisotopic (exact) mass is 677 g/mol. The second-order valence-corrected chi connectivity index (χ2v) is 13.7. The molecule has 0 atom stereocenters. The van der Waals surface area contributed by atoms with Gasteiger partial charge in [0.05, 0.1) is 0 Å². The van der Waals surface area contributed by atoms with Crippen molar-refractivity contribution in [2.45, 2.75) is 0 Å². The van der Waals surface area contributed by atoms with Crippen LogP contribution in [0.2, 0.25) is 0 Å². The largest absolute Gasteiger partial charge is 0.456 e. The van der Waals surface area contributed by atoms with E-state index in [2.05, 4.69) is 181 Å². The molecule has 0 unspecified atom stereocenters. The highest BCUT2D eigenvalue weighted by atomic mass is 16.3. The average molecular weight is 678 g/mol. The van der Waals surface area contributed by atoms with Crippen LogP contribution >= 0.6 is 0 Å². The first-order valence-electron chi connectivity index (χ1n) is 18.0. The summed E-state index contributed by atoms with van der Waals surface area (Å²) < 4.78 is 12.9. The molecule has 53 heavy (non-hydrogen) atoms. The maximum absolute atomic E-state index is 6.51. The van der Waals surface area contributed by atoms with Crippen molar-refractivity contribution in [3.63, 3.8) is 0 Å². The van der Waals surface area contributed by atoms with Gasteiger partial charge in [0.1, 0.15) is 22.3 Å². The highest BCUT2D eigenvalue weighted by molar-refractivity contribution is 6.19. The Morgan fingerprint density at radius 1 is 0.321 bits per heavy atom. The molecule has 2 heterocycles. The summed E-state index contributed by atoms with van der Waals surface area (Å²) in [5.74, 6) is 0. The molecule has 0 N–H and O–H groups in total. The molecule has 0 aliphatic heterocycles. The smallest absolute Gasteiger partial charge is 0.143 e. The number of hydrogen-bond acceptors (Lipinski definition) is 3. The lowest BCUT2D eigenvalue weighted by molar-refractivity contribution is 0.669. The van der Waals surface area contributed by atoms with Gasteiger partial charge >= 0.3 is 0 Å². The van der Waals surface area contributed by atoms with Crippen molar-refractivity contribution in [3.05, 3.63) is 188 Å². The van der Waals surface area contributed by atoms with Gasteiger partial charge in [0.25, 0.3) is 0 Å². The van der Waals surface area contributed by atoms with E-state index in [0.717, 1.165) is 77.5 Å². The zero-order valence-corrected chi connectivity index (χ0v) is 28.7. The van der Waals surface area contributed by atoms with E-state index >= 15 is 0 Å². The number of rotatable bonds is 5. The van der Waals surface area contributed by atoms with Gasteiger partial charge in [-0.15, -0.1) is 0 Å². The van der Waals surface area contributed by atoms with Gasteiger partial charge in [0.15, 0.2) is 0 Å². The first-order chi connectivity index (χ1) is 26.2. The Hall–Kier alpha value is -7.10. The summed E-state index contributed by atoms with van der Waals surface area (Å²) in [6.45, 7) is 0. The van der Waals surface area contributed by atoms with Crippen LogP contribution in [0.3, 0.4) is 0 Å². The third-order valence-corrected chi connectivity index (χ3v) is 10.7. The molecule has 3 heteroatoms. The number of furan rings is 2. The van der Waals surface area contributed by atoms with Crippen molar-refractivity contribution in [3.8, 4) is 22.3 Å². The van der Waals surface area contributed by atoms with Gasteiger partial charge in [-0.25, -0.2) is 0 Å². The summed E-state index contributed by atoms with van der Waals surface area (Å²) in [5.41, 5.74) is 11.4. The van der Waals surface area contributed by atoms with E-state index in [4.69, 9.17) is 8.83 Å². The van der Waals surface area contributed by atoms with Crippen LogP contribution in [-0.4, -0.2) is 0 Å². The van der Waals surface area contributed by atoms with E-state index in [1.54, 1.807) is 0 Å². The quantitative estimate of drug-likeness (QED) is 0.182. The second kappa shape index (κ2) is 11.7. The standard InChI is InChI=1S/C50H31NO2/c1-2-10-36-30-37(17-16-32(36)8-1)33-18-23-38(24-19-33)51(40-27-29-44-43-12-5-6-14-46(43)52-48(44)31-40)39-25-20-35(21-26-39)41-13-7-15-47-49(41)45-28-22-34-9-3-4-11-42(34)50(45)53-47/h1-31H. The van der Waals surface area contributed by atoms with Crippen molar-refractivity contribution < 1.29 is 8.83 Å². The fourth-order valence-corrected chi connectivity index (χ4v) is 8.06. The number of benzene rings is 9. The molecule has 3 nitrogen and oxygen atoms in total. The van der Waals surface area contributed by atoms with Crippen LogP contribution in [0, 0.1) is 0 Å². The summed E-state index contributed by atoms with van der Waals surface area (Å²) in [6.07, 6.45) is 0. The Labute approximate surface area is 305 Å². The fourth-order valence-electron chi connectivity index (χ4n) is 8.06. The summed E-state index contributed by atoms with van der Waals surface area (Å²) in [4.78, 5) is 2.31. The summed E-state index contributed by atoms with van der Waals surface area (Å²) in [7, 11) is 0. The maximum atomic E-state index is 6.51. The summed E-state index contributed by atoms with van der Waals surface area (Å²) in [5, 5.41) is 9.29. The van der Waals surface area contributed by atoms with Crippen molar-refractivity contribution >= 4 is 82.5 Å². The topological polar surface area (TPSA) is 29.5 Å². The molecule has 0 saturated carbocycles. The molecule has 11 rings (SSSR count). The molecule has 11 aromatic rings. The molecule has 9 aromatic carbocycles. The third kappa shape index (κ3) is 4.82. The van der Waals surface area contributed by atoms with E-state index in [0.29, 0.717) is 0 Å². The van der Waals surface area contributed by atoms with E-state index in [-0.39, 0.29) is 0 Å². The Bertz CT molecular complexity index is 3170. The minimum absolute atomic E-state index is 0.865. The van der Waals surface area contributed by atoms with Crippen molar-refractivity contribution in [1.82, 2.24) is 0 Å². The fraction of sp³-hybridized carbons (Fsp3) is 0. The van der Waals surface area contributed by atoms with Gasteiger partial charge < -0.3 is 13.7 Å². The minimum Gasteiger partial charge on any atom is -0.456 e. The maximum Gasteiger partial charge on any atom is 0.143 e. The number of para-hydroxylation sites is 1. The van der Waals surface area contributed by atoms with Gasteiger partial charge in [-0.05, 0) is 99.1 Å². The second-order valence-electron chi connectivity index (χ2n) is 13.7. The summed E-state index contributed by atoms with van der Waals surface area (Å²) in [6, 6.07) is 66.8. The number of hydrogen-bond donors (Lipinski definition) is 0. The predicted octanol–water partition coefficient (Wildman–Crippen LogP) is 14.6. The molecular weight excluding hydrogens is 647 g/mol. The number of nitrogens with zero attached hydrogens (tertiary/aromatic N) is 1. The Kier molecular flexibility index (Phi) is 6.55. The third-order valence-electron chi connectivity index (χ3n) is 10.7. The number of anilines is 3. The molecule has 0 radical (unpaired) electrons. The average Bonchev–Trinajstić information content (AvgIpc) is 3.80. The van der Waals surface area contributed by atoms with Crippen molar-refractivity contribution in [1.29, 1.82) is 0 Å². The molecule has 0 bridgehead atoms. The molecule has 0 fully saturated rings. The Balaban J connectivity index is 1.03. The Morgan fingerprint density at radius 3 is 1.75 bits per heavy atom. The lowest BCUT2D eigenvalue weighted by Crippen LogP contribution is -2.09. The first kappa shape index (κ1) is 29.6. The van der Waals surface area contributed by atoms with E-state index in [1.165, 1.54) is 27.3 Å². The van der Waals surface area contributed by atoms with Crippen molar-refractivity contribution in [2.75, 3.05) is 4.90 Å². The van der Waals surface area contributed by atoms with Crippen LogP contribution in [0.15, 0.2) is 197 Å². The Morgan fingerprint density at radius 2 is 0.925 bits per heavy atom. The SMILES string of the molecule is c1ccc2cc(-c3ccc(N(c4ccc(-c5cccc6oc7c8ccccc8ccc7c56)cc4)c4ccc5c(c4)oc4ccccc45)cc3)ccc2c1. The highest BCUT2D eigenvalue weighted by Crippen LogP contribution is 2.42. The van der Waals surface area contributed by atoms with Gasteiger partial charge in [-0.3, -0.25) is 0 Å². The van der Waals surface area contributed by atoms with Gasteiger partial charge in [0.2, 0.25) is 0 Å². The van der Waals surface area contributed by atoms with Crippen LogP contribution in [-0.2, 0) is 0 Å². The molecule has 0 aliphatic rings. The van der Waals surface area contributed by atoms with Crippen LogP contribution in [0.4, 0.5) is 17.1 Å². The van der Waals surface area contributed by atoms with Gasteiger partial charge in [-0.2, -0.15) is 0 Å². The van der Waals surface area contributed by atoms with Crippen LogP contribution in [0.25, 0.3) is 87.7 Å². The molecule has 0 aliphatic carbocycles. The minimum atomic E-state index is 0.865. The zero-order chi connectivity index (χ0) is 34.9. The molecule has 0 spiro atoms. The lowest BCUT2D eigenvalue weighted by Gasteiger charge is -2.26. The molecule has 2 aromatic heterocycles.